The minimum Gasteiger partial charge on any atom is -0.399 e. The summed E-state index contributed by atoms with van der Waals surface area (Å²) in [5.41, 5.74) is 16.1. The molecule has 2 aromatic carbocycles. The summed E-state index contributed by atoms with van der Waals surface area (Å²) in [5, 5.41) is 3.77. The van der Waals surface area contributed by atoms with Gasteiger partial charge in [-0.25, -0.2) is 0 Å². The third kappa shape index (κ3) is 6.01. The zero-order valence-electron chi connectivity index (χ0n) is 18.6. The largest absolute Gasteiger partial charge is 0.406 e. The number of nitrogens with zero attached hydrogens (tertiary/aromatic N) is 1. The van der Waals surface area contributed by atoms with Crippen molar-refractivity contribution < 1.29 is 13.2 Å². The average Bonchev–Trinajstić information content (AvgIpc) is 3.09. The summed E-state index contributed by atoms with van der Waals surface area (Å²) in [5.74, 6) is 5.76. The van der Waals surface area contributed by atoms with Gasteiger partial charge in [0.1, 0.15) is 6.54 Å². The van der Waals surface area contributed by atoms with Crippen LogP contribution in [0.1, 0.15) is 37.6 Å². The lowest BCUT2D eigenvalue weighted by Crippen LogP contribution is -2.18. The lowest BCUT2D eigenvalue weighted by molar-refractivity contribution is -0.140. The van der Waals surface area contributed by atoms with Crippen molar-refractivity contribution in [1.29, 1.82) is 0 Å². The molecule has 0 bridgehead atoms. The van der Waals surface area contributed by atoms with E-state index in [0.29, 0.717) is 22.3 Å². The molecule has 0 aliphatic rings. The number of halogens is 3. The number of anilines is 2. The van der Waals surface area contributed by atoms with Crippen LogP contribution >= 0.6 is 0 Å². The maximum atomic E-state index is 13.1. The molecule has 0 atom stereocenters. The van der Waals surface area contributed by atoms with Crippen LogP contribution in [0.15, 0.2) is 49.0 Å². The Kier molecular flexibility index (Phi) is 8.25. The molecule has 7 heteroatoms. The van der Waals surface area contributed by atoms with Crippen molar-refractivity contribution in [1.82, 2.24) is 4.57 Å². The molecule has 4 nitrogen and oxygen atoms in total. The zero-order chi connectivity index (χ0) is 23.9. The Labute approximate surface area is 187 Å². The van der Waals surface area contributed by atoms with E-state index in [2.05, 4.69) is 23.7 Å². The van der Waals surface area contributed by atoms with Crippen LogP contribution in [0, 0.1) is 11.8 Å². The minimum atomic E-state index is -4.37. The van der Waals surface area contributed by atoms with Crippen LogP contribution in [-0.2, 0) is 13.0 Å². The number of fused-ring (bicyclic) bond motifs is 1. The molecule has 0 radical (unpaired) electrons. The molecular weight excluding hydrogens is 413 g/mol. The van der Waals surface area contributed by atoms with Crippen LogP contribution in [0.3, 0.4) is 0 Å². The molecule has 0 aliphatic carbocycles. The number of rotatable bonds is 5. The van der Waals surface area contributed by atoms with Crippen LogP contribution in [0.5, 0.6) is 0 Å². The second kappa shape index (κ2) is 10.7. The third-order valence-corrected chi connectivity index (χ3v) is 4.76. The molecule has 1 aromatic heterocycles. The highest BCUT2D eigenvalue weighted by molar-refractivity contribution is 5.92. The summed E-state index contributed by atoms with van der Waals surface area (Å²) in [6.07, 6.45) is -3.58. The zero-order valence-corrected chi connectivity index (χ0v) is 18.6. The fourth-order valence-electron chi connectivity index (χ4n) is 3.29. The second-order valence-electron chi connectivity index (χ2n) is 6.92. The quantitative estimate of drug-likeness (QED) is 0.347. The van der Waals surface area contributed by atoms with Crippen LogP contribution < -0.4 is 16.8 Å². The van der Waals surface area contributed by atoms with E-state index in [4.69, 9.17) is 11.5 Å². The van der Waals surface area contributed by atoms with Gasteiger partial charge in [-0.05, 0) is 53.8 Å². The molecular formula is C25H29F3N4. The van der Waals surface area contributed by atoms with Gasteiger partial charge in [-0.1, -0.05) is 45.4 Å². The van der Waals surface area contributed by atoms with E-state index in [0.717, 1.165) is 27.8 Å². The summed E-state index contributed by atoms with van der Waals surface area (Å²) < 4.78 is 40.4. The van der Waals surface area contributed by atoms with E-state index in [1.165, 1.54) is 0 Å². The first-order valence-electron chi connectivity index (χ1n) is 10.4. The maximum absolute atomic E-state index is 13.1. The number of hydrogen-bond acceptors (Lipinski definition) is 3. The molecule has 5 N–H and O–H groups in total. The lowest BCUT2D eigenvalue weighted by atomic mass is 10.0. The highest BCUT2D eigenvalue weighted by atomic mass is 19.4. The van der Waals surface area contributed by atoms with Gasteiger partial charge in [0.2, 0.25) is 0 Å². The van der Waals surface area contributed by atoms with Gasteiger partial charge in [-0.15, -0.1) is 0 Å². The van der Waals surface area contributed by atoms with Crippen LogP contribution in [0.2, 0.25) is 0 Å². The third-order valence-electron chi connectivity index (χ3n) is 4.76. The first-order chi connectivity index (χ1) is 15.2. The summed E-state index contributed by atoms with van der Waals surface area (Å²) in [6.45, 7) is 8.92. The molecule has 0 amide bonds. The van der Waals surface area contributed by atoms with Gasteiger partial charge in [-0.2, -0.15) is 13.2 Å². The fourth-order valence-corrected chi connectivity index (χ4v) is 3.29. The molecule has 0 aliphatic heterocycles. The highest BCUT2D eigenvalue weighted by Gasteiger charge is 2.29. The van der Waals surface area contributed by atoms with Crippen molar-refractivity contribution in [2.45, 2.75) is 39.9 Å². The Morgan fingerprint density at radius 2 is 1.88 bits per heavy atom. The van der Waals surface area contributed by atoms with E-state index >= 15 is 0 Å². The molecule has 0 unspecified atom stereocenters. The van der Waals surface area contributed by atoms with Gasteiger partial charge in [-0.3, -0.25) is 0 Å². The number of nitrogens with one attached hydrogen (secondary N) is 1. The number of benzene rings is 2. The van der Waals surface area contributed by atoms with E-state index in [-0.39, 0.29) is 12.2 Å². The summed E-state index contributed by atoms with van der Waals surface area (Å²) in [7, 11) is 0. The van der Waals surface area contributed by atoms with Gasteiger partial charge < -0.3 is 21.4 Å². The Morgan fingerprint density at radius 1 is 1.16 bits per heavy atom. The van der Waals surface area contributed by atoms with Crippen molar-refractivity contribution in [3.63, 3.8) is 0 Å². The van der Waals surface area contributed by atoms with E-state index < -0.39 is 12.7 Å². The Balaban J connectivity index is 0.00000176. The molecule has 0 fully saturated rings. The predicted molar refractivity (Wildman–Crippen MR) is 128 cm³/mol. The highest BCUT2D eigenvalue weighted by Crippen LogP contribution is 2.28. The van der Waals surface area contributed by atoms with Crippen LogP contribution in [0.25, 0.3) is 16.6 Å². The van der Waals surface area contributed by atoms with Crippen LogP contribution in [-0.4, -0.2) is 17.3 Å². The van der Waals surface area contributed by atoms with Gasteiger partial charge in [0.05, 0.1) is 17.8 Å². The molecule has 0 saturated heterocycles. The average molecular weight is 443 g/mol. The normalized spacial score (nSPS) is 10.7. The van der Waals surface area contributed by atoms with E-state index in [1.54, 1.807) is 24.3 Å². The predicted octanol–water partition coefficient (Wildman–Crippen LogP) is 5.77. The van der Waals surface area contributed by atoms with E-state index in [1.807, 2.05) is 39.0 Å². The van der Waals surface area contributed by atoms with Crippen LogP contribution in [0.4, 0.5) is 24.5 Å². The molecule has 170 valence electrons. The number of hydrogen-bond donors (Lipinski definition) is 3. The second-order valence-corrected chi connectivity index (χ2v) is 6.92. The fraction of sp³-hybridized carbons (Fsp3) is 0.280. The summed E-state index contributed by atoms with van der Waals surface area (Å²) in [6, 6.07) is 12.2. The SMILES string of the molecule is C=C(N)c1ccc(NCC#Cc2cc3c(N)cccc3n2CC(F)(F)F)c(CC)c1.CC. The van der Waals surface area contributed by atoms with Gasteiger partial charge in [0, 0.05) is 22.5 Å². The van der Waals surface area contributed by atoms with Crippen molar-refractivity contribution in [2.24, 2.45) is 5.73 Å². The van der Waals surface area contributed by atoms with Crippen molar-refractivity contribution in [2.75, 3.05) is 17.6 Å². The van der Waals surface area contributed by atoms with E-state index in [9.17, 15) is 13.2 Å². The first kappa shape index (κ1) is 24.7. The topological polar surface area (TPSA) is 69.0 Å². The maximum Gasteiger partial charge on any atom is 0.406 e. The first-order valence-corrected chi connectivity index (χ1v) is 10.4. The lowest BCUT2D eigenvalue weighted by Gasteiger charge is -2.11. The molecule has 3 rings (SSSR count). The Morgan fingerprint density at radius 3 is 2.50 bits per heavy atom. The Hall–Kier alpha value is -3.53. The molecule has 1 heterocycles. The minimum absolute atomic E-state index is 0.271. The Bertz CT molecular complexity index is 1150. The number of aryl methyl sites for hydroxylation is 1. The smallest absolute Gasteiger partial charge is 0.399 e. The molecule has 3 aromatic rings. The number of nitrogens with two attached hydrogens (primary N) is 2. The molecule has 0 saturated carbocycles. The molecule has 0 spiro atoms. The number of alkyl halides is 3. The summed E-state index contributed by atoms with van der Waals surface area (Å²) >= 11 is 0. The molecule has 32 heavy (non-hydrogen) atoms. The van der Waals surface area contributed by atoms with Gasteiger partial charge in [0.15, 0.2) is 0 Å². The standard InChI is InChI=1S/C23H23F3N4.C2H6/c1-3-16-12-17(15(2)27)9-10-21(16)29-11-5-6-18-13-19-20(28)7-4-8-22(19)30(18)14-23(24,25)26;1-2/h4,7-10,12-13,29H,2-3,11,14,27-28H2,1H3;1-2H3. The number of nitrogen functional groups attached to an aromatic ring is 1. The van der Waals surface area contributed by atoms with Gasteiger partial charge >= 0.3 is 6.18 Å². The summed E-state index contributed by atoms with van der Waals surface area (Å²) in [4.78, 5) is 0. The monoisotopic (exact) mass is 442 g/mol. The number of aromatic nitrogens is 1. The van der Waals surface area contributed by atoms with Crippen molar-refractivity contribution in [3.8, 4) is 11.8 Å². The van der Waals surface area contributed by atoms with Gasteiger partial charge in [0.25, 0.3) is 0 Å². The van der Waals surface area contributed by atoms with Crippen molar-refractivity contribution in [3.05, 3.63) is 65.9 Å². The van der Waals surface area contributed by atoms with Crippen molar-refractivity contribution >= 4 is 28.0 Å².